The molecule has 3 atom stereocenters. The number of carboxylic acid groups (broad SMARTS) is 1. The van der Waals surface area contributed by atoms with Crippen LogP contribution < -0.4 is 26.4 Å². The zero-order valence-electron chi connectivity index (χ0n) is 24.4. The number of nitrogens with two attached hydrogens (primary N) is 2. The average Bonchev–Trinajstić information content (AvgIpc) is 3.42. The smallest absolute Gasteiger partial charge is 0.326 e. The van der Waals surface area contributed by atoms with Crippen molar-refractivity contribution in [3.8, 4) is 0 Å². The Hall–Kier alpha value is -3.91. The van der Waals surface area contributed by atoms with Gasteiger partial charge in [-0.3, -0.25) is 14.6 Å². The van der Waals surface area contributed by atoms with Crippen molar-refractivity contribution < 1.29 is 27.9 Å². The maximum absolute atomic E-state index is 13.8. The quantitative estimate of drug-likeness (QED) is 0.125. The topological polar surface area (TPSA) is 201 Å². The lowest BCUT2D eigenvalue weighted by Gasteiger charge is -2.31. The van der Waals surface area contributed by atoms with E-state index in [4.69, 9.17) is 11.5 Å². The Kier molecular flexibility index (Phi) is 10.7. The van der Waals surface area contributed by atoms with Gasteiger partial charge in [0.1, 0.15) is 18.1 Å². The molecule has 230 valence electrons. The van der Waals surface area contributed by atoms with Crippen molar-refractivity contribution in [2.75, 3.05) is 32.1 Å². The van der Waals surface area contributed by atoms with E-state index >= 15 is 0 Å². The van der Waals surface area contributed by atoms with Gasteiger partial charge in [-0.2, -0.15) is 4.72 Å². The van der Waals surface area contributed by atoms with Crippen molar-refractivity contribution in [2.45, 2.75) is 62.6 Å². The van der Waals surface area contributed by atoms with Gasteiger partial charge in [-0.05, 0) is 43.7 Å². The molecule has 0 unspecified atom stereocenters. The fourth-order valence-corrected chi connectivity index (χ4v) is 6.66. The first-order chi connectivity index (χ1) is 19.7. The number of amides is 2. The standard InChI is InChI=1S/C28H41N7O6S/c1-17(2)24(33-42(40,41)23-14-6-9-18-19(23)10-5-12-21(18)34(3)4)26(37)35-16-8-13-22(35)25(36)32-20(27(38)39)11-7-15-31-28(29)30/h5-6,9-10,12,14,17,20,22,24,33H,7-8,11,13,15-16H2,1-4H3,(H,32,36)(H,38,39)(H4,29,30,31)/t20-,22-,24-/m0/s1. The number of likely N-dealkylation sites (tertiary alicyclic amines) is 1. The molecule has 0 aromatic heterocycles. The molecule has 3 rings (SSSR count). The number of sulfonamides is 1. The van der Waals surface area contributed by atoms with Gasteiger partial charge < -0.3 is 31.7 Å². The lowest BCUT2D eigenvalue weighted by atomic mass is 10.0. The summed E-state index contributed by atoms with van der Waals surface area (Å²) in [6.45, 7) is 3.89. The van der Waals surface area contributed by atoms with Crippen molar-refractivity contribution in [2.24, 2.45) is 22.4 Å². The van der Waals surface area contributed by atoms with E-state index in [2.05, 4.69) is 15.0 Å². The number of nitrogens with one attached hydrogen (secondary N) is 2. The van der Waals surface area contributed by atoms with Gasteiger partial charge in [0.2, 0.25) is 21.8 Å². The van der Waals surface area contributed by atoms with E-state index in [1.807, 2.05) is 31.1 Å². The second-order valence-electron chi connectivity index (χ2n) is 10.9. The van der Waals surface area contributed by atoms with Gasteiger partial charge in [-0.15, -0.1) is 0 Å². The van der Waals surface area contributed by atoms with Crippen molar-refractivity contribution >= 4 is 50.2 Å². The highest BCUT2D eigenvalue weighted by atomic mass is 32.2. The van der Waals surface area contributed by atoms with Gasteiger partial charge in [0.25, 0.3) is 0 Å². The maximum atomic E-state index is 13.8. The number of benzene rings is 2. The fourth-order valence-electron chi connectivity index (χ4n) is 5.10. The predicted octanol–water partition coefficient (Wildman–Crippen LogP) is 0.823. The minimum Gasteiger partial charge on any atom is -0.480 e. The normalized spacial score (nSPS) is 16.7. The Morgan fingerprint density at radius 1 is 1.12 bits per heavy atom. The molecule has 2 aromatic carbocycles. The Balaban J connectivity index is 1.81. The molecule has 1 heterocycles. The van der Waals surface area contributed by atoms with Crippen molar-refractivity contribution in [1.82, 2.24) is 14.9 Å². The first kappa shape index (κ1) is 32.6. The van der Waals surface area contributed by atoms with Gasteiger partial charge in [-0.1, -0.05) is 38.1 Å². The van der Waals surface area contributed by atoms with Crippen LogP contribution in [0.1, 0.15) is 39.5 Å². The van der Waals surface area contributed by atoms with Crippen molar-refractivity contribution in [3.05, 3.63) is 36.4 Å². The number of hydrogen-bond donors (Lipinski definition) is 5. The number of aliphatic imine (C=N–C) groups is 1. The lowest BCUT2D eigenvalue weighted by Crippen LogP contribution is -2.56. The second-order valence-corrected chi connectivity index (χ2v) is 12.6. The Morgan fingerprint density at radius 3 is 2.40 bits per heavy atom. The van der Waals surface area contributed by atoms with Gasteiger partial charge in [0, 0.05) is 43.6 Å². The SMILES string of the molecule is CC(C)[C@H](NS(=O)(=O)c1cccc2c(N(C)C)cccc12)C(=O)N1CCC[C@H]1C(=O)N[C@@H](CCCN=C(N)N)C(=O)O. The Labute approximate surface area is 246 Å². The second kappa shape index (κ2) is 13.8. The molecule has 1 aliphatic rings. The average molecular weight is 604 g/mol. The summed E-state index contributed by atoms with van der Waals surface area (Å²) in [6, 6.07) is 7.12. The number of aliphatic carboxylic acids is 1. The zero-order valence-corrected chi connectivity index (χ0v) is 25.2. The van der Waals surface area contributed by atoms with Gasteiger partial charge in [0.15, 0.2) is 5.96 Å². The number of fused-ring (bicyclic) bond motifs is 1. The van der Waals surface area contributed by atoms with Crippen LogP contribution in [-0.2, 0) is 24.4 Å². The molecule has 1 fully saturated rings. The van der Waals surface area contributed by atoms with Crippen LogP contribution in [0.25, 0.3) is 10.8 Å². The Bertz CT molecular complexity index is 1440. The molecule has 14 heteroatoms. The third-order valence-electron chi connectivity index (χ3n) is 7.24. The number of rotatable bonds is 13. The van der Waals surface area contributed by atoms with E-state index < -0.39 is 51.9 Å². The van der Waals surface area contributed by atoms with Gasteiger partial charge in [0.05, 0.1) is 4.90 Å². The van der Waals surface area contributed by atoms with E-state index in [9.17, 15) is 27.9 Å². The third-order valence-corrected chi connectivity index (χ3v) is 8.74. The van der Waals surface area contributed by atoms with Crippen LogP contribution >= 0.6 is 0 Å². The number of carboxylic acids is 1. The minimum atomic E-state index is -4.16. The van der Waals surface area contributed by atoms with Crippen LogP contribution in [-0.4, -0.2) is 87.5 Å². The molecule has 0 radical (unpaired) electrons. The van der Waals surface area contributed by atoms with Crippen LogP contribution in [0.2, 0.25) is 0 Å². The molecule has 1 saturated heterocycles. The summed E-state index contributed by atoms with van der Waals surface area (Å²) in [6.07, 6.45) is 1.25. The van der Waals surface area contributed by atoms with Crippen molar-refractivity contribution in [3.63, 3.8) is 0 Å². The fraction of sp³-hybridized carbons (Fsp3) is 0.500. The van der Waals surface area contributed by atoms with Crippen LogP contribution in [0.4, 0.5) is 5.69 Å². The molecule has 13 nitrogen and oxygen atoms in total. The number of anilines is 1. The molecule has 7 N–H and O–H groups in total. The van der Waals surface area contributed by atoms with E-state index in [0.29, 0.717) is 24.6 Å². The molecule has 2 amide bonds. The highest BCUT2D eigenvalue weighted by Gasteiger charge is 2.40. The van der Waals surface area contributed by atoms with E-state index in [-0.39, 0.29) is 30.4 Å². The van der Waals surface area contributed by atoms with Gasteiger partial charge >= 0.3 is 5.97 Å². The van der Waals surface area contributed by atoms with Crippen molar-refractivity contribution in [1.29, 1.82) is 0 Å². The van der Waals surface area contributed by atoms with Crippen LogP contribution in [0.5, 0.6) is 0 Å². The Morgan fingerprint density at radius 2 is 1.79 bits per heavy atom. The summed E-state index contributed by atoms with van der Waals surface area (Å²) in [5, 5.41) is 13.4. The van der Waals surface area contributed by atoms with Crippen LogP contribution in [0, 0.1) is 5.92 Å². The molecule has 0 saturated carbocycles. The minimum absolute atomic E-state index is 0.0443. The largest absolute Gasteiger partial charge is 0.480 e. The summed E-state index contributed by atoms with van der Waals surface area (Å²) in [4.78, 5) is 45.8. The van der Waals surface area contributed by atoms with Crippen LogP contribution in [0.3, 0.4) is 0 Å². The first-order valence-corrected chi connectivity index (χ1v) is 15.3. The summed E-state index contributed by atoms with van der Waals surface area (Å²) >= 11 is 0. The summed E-state index contributed by atoms with van der Waals surface area (Å²) < 4.78 is 30.0. The molecule has 0 aliphatic carbocycles. The molecule has 0 spiro atoms. The van der Waals surface area contributed by atoms with E-state index in [1.54, 1.807) is 32.0 Å². The number of guanidine groups is 1. The molecule has 2 aromatic rings. The summed E-state index contributed by atoms with van der Waals surface area (Å²) in [5.41, 5.74) is 11.4. The van der Waals surface area contributed by atoms with E-state index in [0.717, 1.165) is 11.1 Å². The maximum Gasteiger partial charge on any atom is 0.326 e. The monoisotopic (exact) mass is 603 g/mol. The molecular formula is C28H41N7O6S. The number of carbonyl (C=O) groups excluding carboxylic acids is 2. The lowest BCUT2D eigenvalue weighted by molar-refractivity contribution is -0.144. The molecule has 42 heavy (non-hydrogen) atoms. The molecular weight excluding hydrogens is 562 g/mol. The first-order valence-electron chi connectivity index (χ1n) is 13.8. The zero-order chi connectivity index (χ0) is 31.2. The third kappa shape index (κ3) is 7.68. The number of nitrogens with zero attached hydrogens (tertiary/aromatic N) is 3. The summed E-state index contributed by atoms with van der Waals surface area (Å²) in [7, 11) is -0.416. The van der Waals surface area contributed by atoms with Gasteiger partial charge in [-0.25, -0.2) is 13.2 Å². The number of carbonyl (C=O) groups is 3. The van der Waals surface area contributed by atoms with E-state index in [1.165, 1.54) is 11.0 Å². The highest BCUT2D eigenvalue weighted by Crippen LogP contribution is 2.31. The molecule has 0 bridgehead atoms. The summed E-state index contributed by atoms with van der Waals surface area (Å²) in [5.74, 6) is -2.92. The highest BCUT2D eigenvalue weighted by molar-refractivity contribution is 7.89. The van der Waals surface area contributed by atoms with Crippen LogP contribution in [0.15, 0.2) is 46.3 Å². The molecule has 1 aliphatic heterocycles. The number of hydrogen-bond acceptors (Lipinski definition) is 7. The predicted molar refractivity (Wildman–Crippen MR) is 161 cm³/mol.